The van der Waals surface area contributed by atoms with Crippen LogP contribution in [0.4, 0.5) is 0 Å². The van der Waals surface area contributed by atoms with Gasteiger partial charge in [0.05, 0.1) is 6.61 Å². The zero-order valence-electron chi connectivity index (χ0n) is 11.6. The monoisotopic (exact) mass is 239 g/mol. The lowest BCUT2D eigenvalue weighted by Crippen LogP contribution is -2.19. The maximum Gasteiger partial charge on any atom is 0.0587 e. The number of nitrogens with one attached hydrogen (secondary N) is 1. The van der Waals surface area contributed by atoms with Crippen molar-refractivity contribution >= 4 is 0 Å². The van der Waals surface area contributed by atoms with Crippen LogP contribution in [0, 0.1) is 0 Å². The van der Waals surface area contributed by atoms with E-state index in [1.54, 1.807) is 7.11 Å². The molecule has 0 unspecified atom stereocenters. The first-order chi connectivity index (χ1) is 8.31. The third-order valence-corrected chi connectivity index (χ3v) is 2.78. The van der Waals surface area contributed by atoms with Gasteiger partial charge in [-0.2, -0.15) is 0 Å². The molecule has 0 aromatic heterocycles. The van der Waals surface area contributed by atoms with E-state index in [1.165, 1.54) is 31.3 Å². The number of allylic oxidation sites excluding steroid dienone is 2. The van der Waals surface area contributed by atoms with Gasteiger partial charge in [-0.3, -0.25) is 0 Å². The molecule has 0 radical (unpaired) electrons. The molecule has 0 amide bonds. The standard InChI is InChI=1S/C15H29NO/c1-4-5-6-7-8-10-15(2)11-9-12-16-13-14-17-3/h4,11,16H,1,5-10,12-14H2,2-3H3/b15-11-. The van der Waals surface area contributed by atoms with Crippen LogP contribution in [-0.2, 0) is 4.74 Å². The van der Waals surface area contributed by atoms with Crippen LogP contribution in [0.25, 0.3) is 0 Å². The maximum absolute atomic E-state index is 4.97. The first-order valence-corrected chi connectivity index (χ1v) is 6.77. The van der Waals surface area contributed by atoms with E-state index in [0.717, 1.165) is 32.5 Å². The molecular weight excluding hydrogens is 210 g/mol. The van der Waals surface area contributed by atoms with Crippen LogP contribution in [0.3, 0.4) is 0 Å². The van der Waals surface area contributed by atoms with Gasteiger partial charge in [0.1, 0.15) is 0 Å². The molecule has 0 aromatic rings. The van der Waals surface area contributed by atoms with E-state index in [4.69, 9.17) is 4.74 Å². The van der Waals surface area contributed by atoms with E-state index >= 15 is 0 Å². The minimum Gasteiger partial charge on any atom is -0.383 e. The molecule has 2 heteroatoms. The van der Waals surface area contributed by atoms with Gasteiger partial charge < -0.3 is 10.1 Å². The highest BCUT2D eigenvalue weighted by atomic mass is 16.5. The lowest BCUT2D eigenvalue weighted by molar-refractivity contribution is 0.199. The van der Waals surface area contributed by atoms with E-state index < -0.39 is 0 Å². The van der Waals surface area contributed by atoms with Gasteiger partial charge >= 0.3 is 0 Å². The molecule has 0 spiro atoms. The SMILES string of the molecule is C=CCCCCC/C(C)=C\CCNCCOC. The smallest absolute Gasteiger partial charge is 0.0587 e. The van der Waals surface area contributed by atoms with Crippen molar-refractivity contribution in [2.24, 2.45) is 0 Å². The van der Waals surface area contributed by atoms with Crippen LogP contribution in [0.2, 0.25) is 0 Å². The van der Waals surface area contributed by atoms with Crippen molar-refractivity contribution in [1.82, 2.24) is 5.32 Å². The number of methoxy groups -OCH3 is 1. The Morgan fingerprint density at radius 2 is 2.00 bits per heavy atom. The highest BCUT2D eigenvalue weighted by Gasteiger charge is 1.92. The highest BCUT2D eigenvalue weighted by Crippen LogP contribution is 2.10. The van der Waals surface area contributed by atoms with Crippen molar-refractivity contribution in [3.05, 3.63) is 24.3 Å². The number of hydrogen-bond donors (Lipinski definition) is 1. The Morgan fingerprint density at radius 3 is 2.71 bits per heavy atom. The topological polar surface area (TPSA) is 21.3 Å². The van der Waals surface area contributed by atoms with Crippen LogP contribution >= 0.6 is 0 Å². The third-order valence-electron chi connectivity index (χ3n) is 2.78. The molecule has 0 aliphatic heterocycles. The molecule has 0 aliphatic carbocycles. The molecule has 0 aromatic carbocycles. The lowest BCUT2D eigenvalue weighted by atomic mass is 10.1. The van der Waals surface area contributed by atoms with Crippen molar-refractivity contribution < 1.29 is 4.74 Å². The number of unbranched alkanes of at least 4 members (excludes halogenated alkanes) is 3. The summed E-state index contributed by atoms with van der Waals surface area (Å²) >= 11 is 0. The molecule has 17 heavy (non-hydrogen) atoms. The Bertz CT molecular complexity index is 199. The predicted octanol–water partition coefficient (Wildman–Crippen LogP) is 3.70. The van der Waals surface area contributed by atoms with Gasteiger partial charge in [0.2, 0.25) is 0 Å². The molecule has 0 fully saturated rings. The molecule has 0 aliphatic rings. The second-order valence-electron chi connectivity index (χ2n) is 4.47. The maximum atomic E-state index is 4.97. The number of rotatable bonds is 12. The van der Waals surface area contributed by atoms with Crippen molar-refractivity contribution in [2.45, 2.75) is 45.4 Å². The normalized spacial score (nSPS) is 11.8. The van der Waals surface area contributed by atoms with E-state index in [2.05, 4.69) is 24.9 Å². The minimum absolute atomic E-state index is 0.798. The molecule has 0 bridgehead atoms. The second kappa shape index (κ2) is 13.5. The fraction of sp³-hybridized carbons (Fsp3) is 0.733. The molecule has 0 atom stereocenters. The molecule has 2 nitrogen and oxygen atoms in total. The molecule has 100 valence electrons. The lowest BCUT2D eigenvalue weighted by Gasteiger charge is -2.03. The van der Waals surface area contributed by atoms with E-state index in [1.807, 2.05) is 6.08 Å². The summed E-state index contributed by atoms with van der Waals surface area (Å²) in [6.45, 7) is 8.78. The summed E-state index contributed by atoms with van der Waals surface area (Å²) < 4.78 is 4.97. The fourth-order valence-electron chi connectivity index (χ4n) is 1.69. The van der Waals surface area contributed by atoms with Gasteiger partial charge in [-0.05, 0) is 45.6 Å². The Kier molecular flexibility index (Phi) is 13.0. The predicted molar refractivity (Wildman–Crippen MR) is 76.4 cm³/mol. The van der Waals surface area contributed by atoms with Gasteiger partial charge in [-0.1, -0.05) is 24.1 Å². The van der Waals surface area contributed by atoms with Gasteiger partial charge in [0, 0.05) is 13.7 Å². The van der Waals surface area contributed by atoms with Crippen LogP contribution in [0.15, 0.2) is 24.3 Å². The minimum atomic E-state index is 0.798. The van der Waals surface area contributed by atoms with Crippen LogP contribution < -0.4 is 5.32 Å². The van der Waals surface area contributed by atoms with E-state index in [0.29, 0.717) is 0 Å². The van der Waals surface area contributed by atoms with Crippen molar-refractivity contribution in [3.8, 4) is 0 Å². The Morgan fingerprint density at radius 1 is 1.18 bits per heavy atom. The molecular formula is C15H29NO. The van der Waals surface area contributed by atoms with Gasteiger partial charge in [-0.25, -0.2) is 0 Å². The summed E-state index contributed by atoms with van der Waals surface area (Å²) in [6, 6.07) is 0. The number of ether oxygens (including phenoxy) is 1. The largest absolute Gasteiger partial charge is 0.383 e. The van der Waals surface area contributed by atoms with Gasteiger partial charge in [-0.15, -0.1) is 6.58 Å². The molecule has 0 saturated heterocycles. The third kappa shape index (κ3) is 13.3. The summed E-state index contributed by atoms with van der Waals surface area (Å²) in [6.07, 6.45) is 11.8. The number of hydrogen-bond acceptors (Lipinski definition) is 2. The first-order valence-electron chi connectivity index (χ1n) is 6.77. The molecule has 0 rings (SSSR count). The van der Waals surface area contributed by atoms with Crippen LogP contribution in [0.5, 0.6) is 0 Å². The fourth-order valence-corrected chi connectivity index (χ4v) is 1.69. The van der Waals surface area contributed by atoms with Crippen LogP contribution in [-0.4, -0.2) is 26.8 Å². The van der Waals surface area contributed by atoms with Crippen molar-refractivity contribution in [3.63, 3.8) is 0 Å². The second-order valence-corrected chi connectivity index (χ2v) is 4.47. The zero-order chi connectivity index (χ0) is 12.8. The Labute approximate surface area is 107 Å². The zero-order valence-corrected chi connectivity index (χ0v) is 11.6. The summed E-state index contributed by atoms with van der Waals surface area (Å²) in [5, 5.41) is 3.35. The van der Waals surface area contributed by atoms with Gasteiger partial charge in [0.15, 0.2) is 0 Å². The van der Waals surface area contributed by atoms with E-state index in [-0.39, 0.29) is 0 Å². The molecule has 0 saturated carbocycles. The summed E-state index contributed by atoms with van der Waals surface area (Å²) in [4.78, 5) is 0. The first kappa shape index (κ1) is 16.4. The van der Waals surface area contributed by atoms with E-state index in [9.17, 15) is 0 Å². The summed E-state index contributed by atoms with van der Waals surface area (Å²) in [7, 11) is 1.73. The summed E-state index contributed by atoms with van der Waals surface area (Å²) in [5.41, 5.74) is 1.53. The Balaban J connectivity index is 3.29. The molecule has 0 heterocycles. The van der Waals surface area contributed by atoms with Gasteiger partial charge in [0.25, 0.3) is 0 Å². The highest BCUT2D eigenvalue weighted by molar-refractivity contribution is 4.97. The van der Waals surface area contributed by atoms with Crippen LogP contribution in [0.1, 0.15) is 45.4 Å². The van der Waals surface area contributed by atoms with Crippen molar-refractivity contribution in [2.75, 3.05) is 26.8 Å². The summed E-state index contributed by atoms with van der Waals surface area (Å²) in [5.74, 6) is 0. The average Bonchev–Trinajstić information content (AvgIpc) is 2.33. The quantitative estimate of drug-likeness (QED) is 0.414. The Hall–Kier alpha value is -0.600. The average molecular weight is 239 g/mol. The molecule has 1 N–H and O–H groups in total. The van der Waals surface area contributed by atoms with Crippen molar-refractivity contribution in [1.29, 1.82) is 0 Å².